The van der Waals surface area contributed by atoms with E-state index in [9.17, 15) is 0 Å². The number of hydrogen-bond donors (Lipinski definition) is 0. The summed E-state index contributed by atoms with van der Waals surface area (Å²) in [6.45, 7) is 6.10. The first-order valence-corrected chi connectivity index (χ1v) is 5.97. The van der Waals surface area contributed by atoms with Gasteiger partial charge in [-0.15, -0.1) is 0 Å². The molecule has 0 spiro atoms. The number of hydrogen-bond acceptors (Lipinski definition) is 0. The van der Waals surface area contributed by atoms with Crippen LogP contribution in [0.2, 0.25) is 5.02 Å². The van der Waals surface area contributed by atoms with Crippen LogP contribution in [0, 0.1) is 6.92 Å². The van der Waals surface area contributed by atoms with Crippen LogP contribution in [-0.4, -0.2) is 0 Å². The standard InChI is InChI=1S/C13H11Cl.C2H6/c1-10-7-8-12(14)9-13(10)11-5-3-2-4-6-11;1-2/h2-9H,1H3;1-2H3. The Morgan fingerprint density at radius 1 is 0.875 bits per heavy atom. The zero-order valence-electron chi connectivity index (χ0n) is 10.00. The van der Waals surface area contributed by atoms with Crippen molar-refractivity contribution < 1.29 is 0 Å². The van der Waals surface area contributed by atoms with E-state index in [1.54, 1.807) is 0 Å². The summed E-state index contributed by atoms with van der Waals surface area (Å²) >= 11 is 5.97. The summed E-state index contributed by atoms with van der Waals surface area (Å²) in [7, 11) is 0. The van der Waals surface area contributed by atoms with Crippen molar-refractivity contribution in [3.63, 3.8) is 0 Å². The van der Waals surface area contributed by atoms with Crippen molar-refractivity contribution in [3.8, 4) is 11.1 Å². The predicted molar refractivity (Wildman–Crippen MR) is 73.0 cm³/mol. The Morgan fingerprint density at radius 2 is 1.50 bits per heavy atom. The number of rotatable bonds is 1. The quantitative estimate of drug-likeness (QED) is 0.623. The molecule has 0 unspecified atom stereocenters. The summed E-state index contributed by atoms with van der Waals surface area (Å²) in [5.41, 5.74) is 3.67. The van der Waals surface area contributed by atoms with Crippen molar-refractivity contribution in [2.45, 2.75) is 20.8 Å². The van der Waals surface area contributed by atoms with Crippen molar-refractivity contribution in [1.29, 1.82) is 0 Å². The number of aryl methyl sites for hydroxylation is 1. The molecule has 0 bridgehead atoms. The lowest BCUT2D eigenvalue weighted by Crippen LogP contribution is -1.82. The van der Waals surface area contributed by atoms with Crippen LogP contribution in [0.25, 0.3) is 11.1 Å². The molecule has 0 radical (unpaired) electrons. The molecule has 2 aromatic carbocycles. The second-order valence-electron chi connectivity index (χ2n) is 3.33. The molecule has 0 aromatic heterocycles. The molecule has 16 heavy (non-hydrogen) atoms. The van der Waals surface area contributed by atoms with Gasteiger partial charge in [0.1, 0.15) is 0 Å². The monoisotopic (exact) mass is 232 g/mol. The largest absolute Gasteiger partial charge is 0.0843 e. The van der Waals surface area contributed by atoms with E-state index in [1.165, 1.54) is 16.7 Å². The molecule has 0 fully saturated rings. The third-order valence-electron chi connectivity index (χ3n) is 2.28. The molecule has 0 aliphatic heterocycles. The number of benzene rings is 2. The van der Waals surface area contributed by atoms with E-state index in [0.29, 0.717) is 0 Å². The summed E-state index contributed by atoms with van der Waals surface area (Å²) in [4.78, 5) is 0. The van der Waals surface area contributed by atoms with Gasteiger partial charge in [0.2, 0.25) is 0 Å². The normalized spacial score (nSPS) is 9.25. The van der Waals surface area contributed by atoms with Crippen LogP contribution in [0.4, 0.5) is 0 Å². The van der Waals surface area contributed by atoms with Crippen molar-refractivity contribution >= 4 is 11.6 Å². The molecule has 0 atom stereocenters. The molecule has 0 N–H and O–H groups in total. The Labute approximate surface area is 103 Å². The summed E-state index contributed by atoms with van der Waals surface area (Å²) in [6.07, 6.45) is 0. The minimum absolute atomic E-state index is 0.787. The van der Waals surface area contributed by atoms with Crippen LogP contribution in [0.15, 0.2) is 48.5 Å². The molecule has 0 heterocycles. The van der Waals surface area contributed by atoms with Gasteiger partial charge in [-0.25, -0.2) is 0 Å². The molecule has 84 valence electrons. The minimum atomic E-state index is 0.787. The lowest BCUT2D eigenvalue weighted by Gasteiger charge is -2.05. The maximum atomic E-state index is 5.97. The minimum Gasteiger partial charge on any atom is -0.0843 e. The molecule has 2 rings (SSSR count). The zero-order valence-corrected chi connectivity index (χ0v) is 10.8. The fourth-order valence-electron chi connectivity index (χ4n) is 1.52. The van der Waals surface area contributed by atoms with E-state index in [2.05, 4.69) is 19.1 Å². The Hall–Kier alpha value is -1.27. The van der Waals surface area contributed by atoms with Gasteiger partial charge in [-0.2, -0.15) is 0 Å². The predicted octanol–water partition coefficient (Wildman–Crippen LogP) is 5.34. The van der Waals surface area contributed by atoms with Crippen molar-refractivity contribution in [2.75, 3.05) is 0 Å². The molecule has 2 aromatic rings. The molecule has 0 saturated carbocycles. The third-order valence-corrected chi connectivity index (χ3v) is 2.52. The van der Waals surface area contributed by atoms with Crippen LogP contribution in [0.5, 0.6) is 0 Å². The molecule has 0 aliphatic rings. The first-order chi connectivity index (χ1) is 7.77. The van der Waals surface area contributed by atoms with E-state index >= 15 is 0 Å². The highest BCUT2D eigenvalue weighted by molar-refractivity contribution is 6.30. The lowest BCUT2D eigenvalue weighted by molar-refractivity contribution is 1.46. The second kappa shape index (κ2) is 6.34. The zero-order chi connectivity index (χ0) is 12.0. The maximum absolute atomic E-state index is 5.97. The summed E-state index contributed by atoms with van der Waals surface area (Å²) in [6, 6.07) is 16.3. The maximum Gasteiger partial charge on any atom is 0.0412 e. The molecule has 0 aliphatic carbocycles. The topological polar surface area (TPSA) is 0 Å². The van der Waals surface area contributed by atoms with Gasteiger partial charge in [-0.1, -0.05) is 61.8 Å². The van der Waals surface area contributed by atoms with Gasteiger partial charge >= 0.3 is 0 Å². The van der Waals surface area contributed by atoms with Gasteiger partial charge in [0.05, 0.1) is 0 Å². The van der Waals surface area contributed by atoms with Crippen LogP contribution < -0.4 is 0 Å². The summed E-state index contributed by atoms with van der Waals surface area (Å²) in [5.74, 6) is 0. The van der Waals surface area contributed by atoms with E-state index in [-0.39, 0.29) is 0 Å². The Kier molecular flexibility index (Phi) is 5.07. The van der Waals surface area contributed by atoms with Crippen LogP contribution in [-0.2, 0) is 0 Å². The molecular formula is C15H17Cl. The highest BCUT2D eigenvalue weighted by atomic mass is 35.5. The molecule has 0 saturated heterocycles. The molecular weight excluding hydrogens is 216 g/mol. The van der Waals surface area contributed by atoms with Gasteiger partial charge < -0.3 is 0 Å². The van der Waals surface area contributed by atoms with Crippen LogP contribution >= 0.6 is 11.6 Å². The van der Waals surface area contributed by atoms with Crippen molar-refractivity contribution in [1.82, 2.24) is 0 Å². The Balaban J connectivity index is 0.000000606. The van der Waals surface area contributed by atoms with Gasteiger partial charge in [0, 0.05) is 5.02 Å². The average molecular weight is 233 g/mol. The van der Waals surface area contributed by atoms with Crippen LogP contribution in [0.1, 0.15) is 19.4 Å². The lowest BCUT2D eigenvalue weighted by atomic mass is 10.0. The smallest absolute Gasteiger partial charge is 0.0412 e. The van der Waals surface area contributed by atoms with Gasteiger partial charge in [-0.05, 0) is 35.7 Å². The van der Waals surface area contributed by atoms with Crippen LogP contribution in [0.3, 0.4) is 0 Å². The van der Waals surface area contributed by atoms with E-state index in [4.69, 9.17) is 11.6 Å². The van der Waals surface area contributed by atoms with E-state index in [1.807, 2.05) is 50.2 Å². The average Bonchev–Trinajstić information content (AvgIpc) is 2.36. The van der Waals surface area contributed by atoms with E-state index < -0.39 is 0 Å². The SMILES string of the molecule is CC.Cc1ccc(Cl)cc1-c1ccccc1. The summed E-state index contributed by atoms with van der Waals surface area (Å²) < 4.78 is 0. The highest BCUT2D eigenvalue weighted by Gasteiger charge is 2.01. The van der Waals surface area contributed by atoms with Gasteiger partial charge in [-0.3, -0.25) is 0 Å². The van der Waals surface area contributed by atoms with Gasteiger partial charge in [0.25, 0.3) is 0 Å². The van der Waals surface area contributed by atoms with Crippen molar-refractivity contribution in [2.24, 2.45) is 0 Å². The fraction of sp³-hybridized carbons (Fsp3) is 0.200. The van der Waals surface area contributed by atoms with Crippen molar-refractivity contribution in [3.05, 3.63) is 59.1 Å². The molecule has 0 amide bonds. The van der Waals surface area contributed by atoms with E-state index in [0.717, 1.165) is 5.02 Å². The number of halogens is 1. The molecule has 1 heteroatoms. The molecule has 0 nitrogen and oxygen atoms in total. The fourth-order valence-corrected chi connectivity index (χ4v) is 1.70. The first kappa shape index (κ1) is 12.8. The Morgan fingerprint density at radius 3 is 2.12 bits per heavy atom. The third kappa shape index (κ3) is 3.11. The second-order valence-corrected chi connectivity index (χ2v) is 3.76. The summed E-state index contributed by atoms with van der Waals surface area (Å²) in [5, 5.41) is 0.787. The van der Waals surface area contributed by atoms with Gasteiger partial charge in [0.15, 0.2) is 0 Å². The highest BCUT2D eigenvalue weighted by Crippen LogP contribution is 2.25. The first-order valence-electron chi connectivity index (χ1n) is 5.59. The Bertz CT molecular complexity index is 432.